The lowest BCUT2D eigenvalue weighted by atomic mass is 10.2. The molecule has 0 amide bonds. The lowest BCUT2D eigenvalue weighted by Crippen LogP contribution is -2.17. The molecule has 1 nitrogen and oxygen atoms in total. The Kier molecular flexibility index (Phi) is 2.36. The smallest absolute Gasteiger partial charge is 0.107 e. The van der Waals surface area contributed by atoms with Crippen LogP contribution in [0.5, 0.6) is 0 Å². The highest BCUT2D eigenvalue weighted by Crippen LogP contribution is 2.04. The van der Waals surface area contributed by atoms with E-state index in [0.29, 0.717) is 4.43 Å². The maximum atomic E-state index is 10.5. The molecule has 0 atom stereocenters. The van der Waals surface area contributed by atoms with Crippen molar-refractivity contribution >= 4 is 22.6 Å². The minimum atomic E-state index is -0.722. The first-order chi connectivity index (χ1) is 2.56. The van der Waals surface area contributed by atoms with Crippen LogP contribution >= 0.6 is 22.6 Å². The van der Waals surface area contributed by atoms with Crippen LogP contribution in [0.3, 0.4) is 0 Å². The Morgan fingerprint density at radius 3 is 1.83 bits per heavy atom. The van der Waals surface area contributed by atoms with Crippen molar-refractivity contribution in [2.75, 3.05) is 4.43 Å². The third kappa shape index (κ3) is 4.69. The molecule has 37 valence electrons. The molecule has 0 saturated carbocycles. The first-order valence-electron chi connectivity index (χ1n) is 1.82. The van der Waals surface area contributed by atoms with E-state index in [9.17, 15) is 5.11 Å². The van der Waals surface area contributed by atoms with E-state index in [0.717, 1.165) is 0 Å². The Morgan fingerprint density at radius 1 is 1.67 bits per heavy atom. The standard InChI is InChI=1S/C4H8IO/c1-4(2,6)3-5/h3H2,1-2H3. The van der Waals surface area contributed by atoms with Gasteiger partial charge in [-0.05, 0) is 13.8 Å². The first kappa shape index (κ1) is 6.69. The van der Waals surface area contributed by atoms with Gasteiger partial charge in [0.05, 0.1) is 0 Å². The first-order valence-corrected chi connectivity index (χ1v) is 3.35. The summed E-state index contributed by atoms with van der Waals surface area (Å²) in [6.45, 7) is 3.36. The Bertz CT molecular complexity index is 37.3. The van der Waals surface area contributed by atoms with Crippen LogP contribution in [0.25, 0.3) is 0 Å². The Hall–Kier alpha value is 0.690. The minimum Gasteiger partial charge on any atom is -0.229 e. The molecule has 0 aliphatic carbocycles. The molecule has 0 bridgehead atoms. The van der Waals surface area contributed by atoms with E-state index in [-0.39, 0.29) is 0 Å². The largest absolute Gasteiger partial charge is 0.229 e. The molecule has 0 aromatic rings. The molecule has 0 N–H and O–H groups in total. The highest BCUT2D eigenvalue weighted by molar-refractivity contribution is 14.1. The van der Waals surface area contributed by atoms with Crippen molar-refractivity contribution < 1.29 is 5.11 Å². The zero-order valence-corrected chi connectivity index (χ0v) is 6.15. The Morgan fingerprint density at radius 2 is 1.83 bits per heavy atom. The predicted molar refractivity (Wildman–Crippen MR) is 33.7 cm³/mol. The number of halogens is 1. The van der Waals surface area contributed by atoms with Crippen LogP contribution in [0.2, 0.25) is 0 Å². The van der Waals surface area contributed by atoms with Crippen LogP contribution in [-0.4, -0.2) is 10.0 Å². The molecule has 2 heteroatoms. The van der Waals surface area contributed by atoms with Crippen molar-refractivity contribution in [1.29, 1.82) is 0 Å². The van der Waals surface area contributed by atoms with Gasteiger partial charge < -0.3 is 0 Å². The molecule has 0 heterocycles. The fourth-order valence-electron chi connectivity index (χ4n) is 0. The summed E-state index contributed by atoms with van der Waals surface area (Å²) in [6.07, 6.45) is 0. The van der Waals surface area contributed by atoms with E-state index in [1.807, 2.05) is 0 Å². The van der Waals surface area contributed by atoms with Crippen molar-refractivity contribution in [3.63, 3.8) is 0 Å². The Labute approximate surface area is 51.9 Å². The average Bonchev–Trinajstić information content (AvgIpc) is 1.35. The van der Waals surface area contributed by atoms with E-state index in [1.54, 1.807) is 13.8 Å². The van der Waals surface area contributed by atoms with E-state index >= 15 is 0 Å². The van der Waals surface area contributed by atoms with E-state index in [2.05, 4.69) is 22.6 Å². The van der Waals surface area contributed by atoms with E-state index < -0.39 is 5.60 Å². The summed E-state index contributed by atoms with van der Waals surface area (Å²) in [4.78, 5) is 0. The molecule has 0 unspecified atom stereocenters. The second kappa shape index (κ2) is 2.12. The van der Waals surface area contributed by atoms with Gasteiger partial charge in [0.15, 0.2) is 0 Å². The van der Waals surface area contributed by atoms with Gasteiger partial charge in [0, 0.05) is 4.43 Å². The third-order valence-electron chi connectivity index (χ3n) is 0.322. The summed E-state index contributed by atoms with van der Waals surface area (Å²) in [5.74, 6) is 0. The highest BCUT2D eigenvalue weighted by Gasteiger charge is 2.10. The predicted octanol–water partition coefficient (Wildman–Crippen LogP) is 1.63. The molecule has 0 saturated heterocycles. The molecule has 0 aromatic heterocycles. The van der Waals surface area contributed by atoms with Crippen molar-refractivity contribution in [2.45, 2.75) is 19.4 Å². The van der Waals surface area contributed by atoms with Crippen molar-refractivity contribution in [2.24, 2.45) is 0 Å². The van der Waals surface area contributed by atoms with Gasteiger partial charge in [-0.15, -0.1) is 0 Å². The van der Waals surface area contributed by atoms with Crippen molar-refractivity contribution in [3.05, 3.63) is 0 Å². The number of alkyl halides is 1. The zero-order valence-electron chi connectivity index (χ0n) is 3.99. The van der Waals surface area contributed by atoms with Gasteiger partial charge in [0.1, 0.15) is 5.60 Å². The summed E-state index contributed by atoms with van der Waals surface area (Å²) in [5.41, 5.74) is -0.722. The molecule has 0 aromatic carbocycles. The van der Waals surface area contributed by atoms with E-state index in [4.69, 9.17) is 0 Å². The molecule has 0 rings (SSSR count). The lowest BCUT2D eigenvalue weighted by molar-refractivity contribution is 0.0290. The maximum Gasteiger partial charge on any atom is 0.107 e. The summed E-state index contributed by atoms with van der Waals surface area (Å²) in [7, 11) is 0. The molecule has 6 heavy (non-hydrogen) atoms. The van der Waals surface area contributed by atoms with Crippen molar-refractivity contribution in [1.82, 2.24) is 0 Å². The van der Waals surface area contributed by atoms with Gasteiger partial charge in [-0.2, -0.15) is 0 Å². The van der Waals surface area contributed by atoms with Crippen LogP contribution in [0.4, 0.5) is 0 Å². The van der Waals surface area contributed by atoms with Crippen LogP contribution < -0.4 is 0 Å². The van der Waals surface area contributed by atoms with Gasteiger partial charge in [0.2, 0.25) is 0 Å². The molecule has 1 radical (unpaired) electrons. The molecule has 0 fully saturated rings. The van der Waals surface area contributed by atoms with Crippen LogP contribution in [0, 0.1) is 0 Å². The number of hydrogen-bond acceptors (Lipinski definition) is 0. The number of hydrogen-bond donors (Lipinski definition) is 0. The third-order valence-corrected chi connectivity index (χ3v) is 2.16. The second-order valence-corrected chi connectivity index (χ2v) is 2.66. The normalized spacial score (nSPS) is 12.0. The Balaban J connectivity index is 3.17. The summed E-state index contributed by atoms with van der Waals surface area (Å²) < 4.78 is 0.685. The van der Waals surface area contributed by atoms with Crippen LogP contribution in [0.15, 0.2) is 0 Å². The van der Waals surface area contributed by atoms with Gasteiger partial charge in [-0.25, -0.2) is 5.11 Å². The van der Waals surface area contributed by atoms with Crippen LogP contribution in [0.1, 0.15) is 13.8 Å². The SMILES string of the molecule is CC(C)([O])CI. The fourth-order valence-corrected chi connectivity index (χ4v) is 0. The fraction of sp³-hybridized carbons (Fsp3) is 1.00. The number of rotatable bonds is 1. The summed E-state index contributed by atoms with van der Waals surface area (Å²) >= 11 is 2.08. The lowest BCUT2D eigenvalue weighted by Gasteiger charge is -2.06. The summed E-state index contributed by atoms with van der Waals surface area (Å²) in [6, 6.07) is 0. The molecular weight excluding hydrogens is 191 g/mol. The van der Waals surface area contributed by atoms with Crippen molar-refractivity contribution in [3.8, 4) is 0 Å². The maximum absolute atomic E-state index is 10.5. The second-order valence-electron chi connectivity index (χ2n) is 1.89. The van der Waals surface area contributed by atoms with Gasteiger partial charge >= 0.3 is 0 Å². The molecule has 0 aliphatic heterocycles. The van der Waals surface area contributed by atoms with Gasteiger partial charge in [-0.1, -0.05) is 22.6 Å². The summed E-state index contributed by atoms with van der Waals surface area (Å²) in [5, 5.41) is 10.5. The van der Waals surface area contributed by atoms with E-state index in [1.165, 1.54) is 0 Å². The molecular formula is C4H8IO. The average molecular weight is 199 g/mol. The monoisotopic (exact) mass is 199 g/mol. The molecule has 0 spiro atoms. The topological polar surface area (TPSA) is 19.9 Å². The van der Waals surface area contributed by atoms with Gasteiger partial charge in [-0.3, -0.25) is 0 Å². The zero-order chi connectivity index (χ0) is 5.21. The highest BCUT2D eigenvalue weighted by atomic mass is 127. The molecule has 0 aliphatic rings. The quantitative estimate of drug-likeness (QED) is 0.451. The van der Waals surface area contributed by atoms with Crippen LogP contribution in [-0.2, 0) is 5.11 Å². The minimum absolute atomic E-state index is 0.685. The van der Waals surface area contributed by atoms with Gasteiger partial charge in [0.25, 0.3) is 0 Å².